The summed E-state index contributed by atoms with van der Waals surface area (Å²) in [5.74, 6) is 2.53. The van der Waals surface area contributed by atoms with Crippen LogP contribution in [-0.4, -0.2) is 60.3 Å². The fraction of sp³-hybridized carbons (Fsp3) is 0.357. The van der Waals surface area contributed by atoms with Crippen molar-refractivity contribution in [2.24, 2.45) is 0 Å². The zero-order valence-corrected chi connectivity index (χ0v) is 19.6. The van der Waals surface area contributed by atoms with Crippen LogP contribution in [0.15, 0.2) is 72.8 Å². The number of aliphatic hydroxyl groups excluding tert-OH is 1. The van der Waals surface area contributed by atoms with Crippen molar-refractivity contribution < 1.29 is 14.6 Å². The largest absolute Gasteiger partial charge is 0.491 e. The van der Waals surface area contributed by atoms with E-state index in [0.717, 1.165) is 50.0 Å². The Kier molecular flexibility index (Phi) is 8.00. The average Bonchev–Trinajstić information content (AvgIpc) is 2.82. The van der Waals surface area contributed by atoms with E-state index in [-0.39, 0.29) is 0 Å². The van der Waals surface area contributed by atoms with Gasteiger partial charge in [0.15, 0.2) is 0 Å². The molecule has 3 aromatic rings. The highest BCUT2D eigenvalue weighted by molar-refractivity contribution is 5.35. The van der Waals surface area contributed by atoms with Crippen molar-refractivity contribution >= 4 is 0 Å². The molecule has 4 rings (SSSR count). The van der Waals surface area contributed by atoms with Crippen LogP contribution in [-0.2, 0) is 6.54 Å². The summed E-state index contributed by atoms with van der Waals surface area (Å²) in [6.07, 6.45) is -0.492. The van der Waals surface area contributed by atoms with Crippen molar-refractivity contribution in [3.8, 4) is 17.2 Å². The Bertz CT molecular complexity index is 996. The van der Waals surface area contributed by atoms with E-state index in [9.17, 15) is 5.11 Å². The second-order valence-electron chi connectivity index (χ2n) is 8.92. The highest BCUT2D eigenvalue weighted by Gasteiger charge is 2.20. The number of aliphatic hydroxyl groups is 1. The molecule has 5 nitrogen and oxygen atoms in total. The zero-order chi connectivity index (χ0) is 23.0. The van der Waals surface area contributed by atoms with E-state index < -0.39 is 6.10 Å². The Morgan fingerprint density at radius 1 is 0.758 bits per heavy atom. The Morgan fingerprint density at radius 2 is 1.36 bits per heavy atom. The number of hydrogen-bond donors (Lipinski definition) is 1. The number of aryl methyl sites for hydroxylation is 2. The summed E-state index contributed by atoms with van der Waals surface area (Å²) in [6, 6.07) is 24.4. The van der Waals surface area contributed by atoms with Gasteiger partial charge in [0.1, 0.15) is 30.0 Å². The topological polar surface area (TPSA) is 45.2 Å². The number of nitrogens with zero attached hydrogens (tertiary/aromatic N) is 2. The van der Waals surface area contributed by atoms with E-state index in [1.54, 1.807) is 0 Å². The maximum absolute atomic E-state index is 10.4. The quantitative estimate of drug-likeness (QED) is 0.518. The maximum Gasteiger partial charge on any atom is 0.127 e. The molecule has 3 aromatic carbocycles. The lowest BCUT2D eigenvalue weighted by Gasteiger charge is -2.35. The second-order valence-corrected chi connectivity index (χ2v) is 8.92. The van der Waals surface area contributed by atoms with Crippen LogP contribution in [0.5, 0.6) is 17.2 Å². The fourth-order valence-electron chi connectivity index (χ4n) is 4.02. The molecule has 1 heterocycles. The number of benzene rings is 3. The molecule has 1 aliphatic heterocycles. The number of β-amino-alcohol motifs (C(OH)–C–C–N with tert-alkyl or cyclic N) is 1. The van der Waals surface area contributed by atoms with E-state index in [1.165, 1.54) is 16.7 Å². The SMILES string of the molecule is Cc1ccc(OCC(O)CN2CCN(Cc3cccc(Oc4ccc(C)cc4)c3)CC2)cc1. The third kappa shape index (κ3) is 7.32. The van der Waals surface area contributed by atoms with E-state index in [0.29, 0.717) is 13.2 Å². The third-order valence-electron chi connectivity index (χ3n) is 5.96. The minimum atomic E-state index is -0.492. The van der Waals surface area contributed by atoms with Crippen molar-refractivity contribution in [2.75, 3.05) is 39.3 Å². The van der Waals surface area contributed by atoms with Gasteiger partial charge in [-0.2, -0.15) is 0 Å². The Hall–Kier alpha value is -2.86. The molecule has 0 amide bonds. The molecule has 1 N–H and O–H groups in total. The highest BCUT2D eigenvalue weighted by Crippen LogP contribution is 2.23. The molecule has 5 heteroatoms. The lowest BCUT2D eigenvalue weighted by atomic mass is 10.1. The molecule has 0 radical (unpaired) electrons. The number of ether oxygens (including phenoxy) is 2. The van der Waals surface area contributed by atoms with Gasteiger partial charge in [-0.15, -0.1) is 0 Å². The molecule has 174 valence electrons. The second kappa shape index (κ2) is 11.3. The maximum atomic E-state index is 10.4. The average molecular weight is 447 g/mol. The van der Waals surface area contributed by atoms with Gasteiger partial charge < -0.3 is 14.6 Å². The van der Waals surface area contributed by atoms with Crippen molar-refractivity contribution in [3.05, 3.63) is 89.5 Å². The molecule has 0 aromatic heterocycles. The molecular formula is C28H34N2O3. The Labute approximate surface area is 197 Å². The minimum absolute atomic E-state index is 0.317. The number of piperazine rings is 1. The first kappa shape index (κ1) is 23.3. The minimum Gasteiger partial charge on any atom is -0.491 e. The number of rotatable bonds is 9. The molecule has 1 saturated heterocycles. The van der Waals surface area contributed by atoms with Crippen LogP contribution in [0.2, 0.25) is 0 Å². The Morgan fingerprint density at radius 3 is 2.03 bits per heavy atom. The lowest BCUT2D eigenvalue weighted by Crippen LogP contribution is -2.48. The van der Waals surface area contributed by atoms with Crippen LogP contribution in [0, 0.1) is 13.8 Å². The summed E-state index contributed by atoms with van der Waals surface area (Å²) in [7, 11) is 0. The van der Waals surface area contributed by atoms with E-state index in [2.05, 4.69) is 47.1 Å². The van der Waals surface area contributed by atoms with Crippen molar-refractivity contribution in [1.29, 1.82) is 0 Å². The smallest absolute Gasteiger partial charge is 0.127 e. The van der Waals surface area contributed by atoms with Gasteiger partial charge in [0.2, 0.25) is 0 Å². The fourth-order valence-corrected chi connectivity index (χ4v) is 4.02. The van der Waals surface area contributed by atoms with Gasteiger partial charge in [-0.3, -0.25) is 9.80 Å². The summed E-state index contributed by atoms with van der Waals surface area (Å²) in [5, 5.41) is 10.4. The van der Waals surface area contributed by atoms with Gasteiger partial charge in [0, 0.05) is 39.3 Å². The van der Waals surface area contributed by atoms with Crippen molar-refractivity contribution in [2.45, 2.75) is 26.5 Å². The van der Waals surface area contributed by atoms with Gasteiger partial charge in [0.25, 0.3) is 0 Å². The van der Waals surface area contributed by atoms with E-state index in [1.807, 2.05) is 49.4 Å². The first-order chi connectivity index (χ1) is 16.0. The zero-order valence-electron chi connectivity index (χ0n) is 19.6. The molecule has 1 aliphatic rings. The molecule has 0 saturated carbocycles. The van der Waals surface area contributed by atoms with Gasteiger partial charge in [-0.1, -0.05) is 47.5 Å². The molecule has 1 unspecified atom stereocenters. The first-order valence-corrected chi connectivity index (χ1v) is 11.7. The van der Waals surface area contributed by atoms with Crippen LogP contribution in [0.3, 0.4) is 0 Å². The van der Waals surface area contributed by atoms with Crippen molar-refractivity contribution in [1.82, 2.24) is 9.80 Å². The normalized spacial score (nSPS) is 15.8. The predicted molar refractivity (Wildman–Crippen MR) is 132 cm³/mol. The van der Waals surface area contributed by atoms with E-state index >= 15 is 0 Å². The molecule has 0 bridgehead atoms. The predicted octanol–water partition coefficient (Wildman–Crippen LogP) is 4.65. The summed E-state index contributed by atoms with van der Waals surface area (Å²) in [5.41, 5.74) is 3.67. The summed E-state index contributed by atoms with van der Waals surface area (Å²) in [4.78, 5) is 4.77. The van der Waals surface area contributed by atoms with Crippen LogP contribution in [0.25, 0.3) is 0 Å². The van der Waals surface area contributed by atoms with Crippen LogP contribution in [0.1, 0.15) is 16.7 Å². The molecule has 1 fully saturated rings. The third-order valence-corrected chi connectivity index (χ3v) is 5.96. The van der Waals surface area contributed by atoms with Crippen LogP contribution >= 0.6 is 0 Å². The molecule has 0 spiro atoms. The molecule has 33 heavy (non-hydrogen) atoms. The van der Waals surface area contributed by atoms with Gasteiger partial charge in [-0.05, 0) is 55.8 Å². The molecule has 1 atom stereocenters. The monoisotopic (exact) mass is 446 g/mol. The summed E-state index contributed by atoms with van der Waals surface area (Å²) >= 11 is 0. The van der Waals surface area contributed by atoms with E-state index in [4.69, 9.17) is 9.47 Å². The molecular weight excluding hydrogens is 412 g/mol. The van der Waals surface area contributed by atoms with Crippen molar-refractivity contribution in [3.63, 3.8) is 0 Å². The van der Waals surface area contributed by atoms with Gasteiger partial charge in [-0.25, -0.2) is 0 Å². The van der Waals surface area contributed by atoms with Gasteiger partial charge >= 0.3 is 0 Å². The summed E-state index contributed by atoms with van der Waals surface area (Å²) < 4.78 is 11.7. The first-order valence-electron chi connectivity index (χ1n) is 11.7. The molecule has 0 aliphatic carbocycles. The van der Waals surface area contributed by atoms with Crippen LogP contribution < -0.4 is 9.47 Å². The lowest BCUT2D eigenvalue weighted by molar-refractivity contribution is 0.0446. The number of hydrogen-bond acceptors (Lipinski definition) is 5. The summed E-state index contributed by atoms with van der Waals surface area (Å²) in [6.45, 7) is 9.83. The Balaban J connectivity index is 1.20. The van der Waals surface area contributed by atoms with Gasteiger partial charge in [0.05, 0.1) is 0 Å². The van der Waals surface area contributed by atoms with Crippen LogP contribution in [0.4, 0.5) is 0 Å². The highest BCUT2D eigenvalue weighted by atomic mass is 16.5. The standard InChI is InChI=1S/C28H34N2O3/c1-22-6-10-26(11-7-22)32-21-25(31)20-30-16-14-29(15-17-30)19-24-4-3-5-28(18-24)33-27-12-8-23(2)9-13-27/h3-13,18,25,31H,14-17,19-21H2,1-2H3.